The van der Waals surface area contributed by atoms with Crippen molar-refractivity contribution >= 4 is 65.3 Å². The minimum atomic E-state index is 0.961. The smallest absolute Gasteiger partial charge is 0.101 e. The van der Waals surface area contributed by atoms with Crippen molar-refractivity contribution in [3.63, 3.8) is 0 Å². The number of para-hydroxylation sites is 5. The highest BCUT2D eigenvalue weighted by Crippen LogP contribution is 2.45. The zero-order valence-corrected chi connectivity index (χ0v) is 34.2. The van der Waals surface area contributed by atoms with Crippen LogP contribution in [0, 0.1) is 0 Å². The van der Waals surface area contributed by atoms with Gasteiger partial charge in [-0.1, -0.05) is 170 Å². The van der Waals surface area contributed by atoms with Crippen LogP contribution >= 0.6 is 0 Å². The first kappa shape index (κ1) is 35.3. The van der Waals surface area contributed by atoms with E-state index in [2.05, 4.69) is 244 Å². The van der Waals surface area contributed by atoms with Crippen LogP contribution in [0.2, 0.25) is 0 Å². The van der Waals surface area contributed by atoms with Gasteiger partial charge in [0.1, 0.15) is 5.69 Å². The molecule has 0 unspecified atom stereocenters. The largest absolute Gasteiger partial charge is 0.309 e. The molecule has 0 aliphatic carbocycles. The first-order valence-corrected chi connectivity index (χ1v) is 21.6. The minimum absolute atomic E-state index is 0.961. The van der Waals surface area contributed by atoms with E-state index in [1.54, 1.807) is 0 Å². The molecule has 0 N–H and O–H groups in total. The fourth-order valence-electron chi connectivity index (χ4n) is 10.1. The summed E-state index contributed by atoms with van der Waals surface area (Å²) in [7, 11) is 0. The van der Waals surface area contributed by atoms with Crippen LogP contribution in [-0.2, 0) is 0 Å². The molecule has 0 aliphatic rings. The Bertz CT molecular complexity index is 3650. The molecule has 13 aromatic rings. The van der Waals surface area contributed by atoms with Gasteiger partial charge in [-0.15, -0.1) is 0 Å². The van der Waals surface area contributed by atoms with E-state index in [-0.39, 0.29) is 0 Å². The van der Waals surface area contributed by atoms with E-state index in [0.717, 1.165) is 72.2 Å². The van der Waals surface area contributed by atoms with Crippen molar-refractivity contribution in [1.82, 2.24) is 18.9 Å². The summed E-state index contributed by atoms with van der Waals surface area (Å²) in [5.41, 5.74) is 15.6. The van der Waals surface area contributed by atoms with Gasteiger partial charge in [-0.25, -0.2) is 4.68 Å². The van der Waals surface area contributed by atoms with E-state index in [0.29, 0.717) is 0 Å². The number of nitrogens with zero attached hydrogens (tertiary/aromatic N) is 4. The van der Waals surface area contributed by atoms with Crippen molar-refractivity contribution in [3.05, 3.63) is 231 Å². The maximum absolute atomic E-state index is 5.49. The Hall–Kier alpha value is -8.47. The number of fused-ring (bicyclic) bond motifs is 9. The minimum Gasteiger partial charge on any atom is -0.309 e. The molecule has 0 amide bonds. The first-order valence-electron chi connectivity index (χ1n) is 21.6. The maximum Gasteiger partial charge on any atom is 0.101 e. The normalized spacial score (nSPS) is 11.8. The molecular weight excluding hydrogens is 765 g/mol. The van der Waals surface area contributed by atoms with Crippen LogP contribution in [0.25, 0.3) is 116 Å². The third-order valence-corrected chi connectivity index (χ3v) is 12.8. The van der Waals surface area contributed by atoms with Crippen molar-refractivity contribution in [3.8, 4) is 50.6 Å². The monoisotopic (exact) mass is 802 g/mol. The average Bonchev–Trinajstić information content (AvgIpc) is 4.03. The van der Waals surface area contributed by atoms with Gasteiger partial charge in [0.25, 0.3) is 0 Å². The summed E-state index contributed by atoms with van der Waals surface area (Å²) in [4.78, 5) is 0. The van der Waals surface area contributed by atoms with Crippen LogP contribution < -0.4 is 0 Å². The predicted octanol–water partition coefficient (Wildman–Crippen LogP) is 15.4. The van der Waals surface area contributed by atoms with Crippen molar-refractivity contribution in [1.29, 1.82) is 0 Å². The maximum atomic E-state index is 5.49. The average molecular weight is 803 g/mol. The first-order chi connectivity index (χ1) is 31.3. The quantitative estimate of drug-likeness (QED) is 0.165. The molecule has 0 atom stereocenters. The lowest BCUT2D eigenvalue weighted by Gasteiger charge is -2.18. The van der Waals surface area contributed by atoms with E-state index in [1.165, 1.54) is 43.6 Å². The highest BCUT2D eigenvalue weighted by molar-refractivity contribution is 6.20. The summed E-state index contributed by atoms with van der Waals surface area (Å²) < 4.78 is 7.05. The fourth-order valence-corrected chi connectivity index (χ4v) is 10.1. The van der Waals surface area contributed by atoms with Gasteiger partial charge in [0.15, 0.2) is 0 Å². The third-order valence-electron chi connectivity index (χ3n) is 12.8. The Balaban J connectivity index is 1.18. The van der Waals surface area contributed by atoms with Crippen LogP contribution in [-0.4, -0.2) is 18.9 Å². The standard InChI is InChI=1S/C59H38N4/c1-4-19-39(20-5-1)51-38-52-45(29-18-30-50(52)59-57(51)58(40-21-6-2-7-22-40)60-63(59)42-23-8-3-9-24-42)41-35-43(61-53-31-14-10-25-46(53)47-26-11-15-32-54(47)61)37-44(36-41)62-55-33-16-12-27-48(55)49-28-13-17-34-56(49)62/h1-38H. The topological polar surface area (TPSA) is 27.7 Å². The van der Waals surface area contributed by atoms with E-state index >= 15 is 0 Å². The summed E-state index contributed by atoms with van der Waals surface area (Å²) in [6.45, 7) is 0. The summed E-state index contributed by atoms with van der Waals surface area (Å²) in [5, 5.41) is 13.9. The molecule has 0 bridgehead atoms. The molecule has 0 fully saturated rings. The zero-order chi connectivity index (χ0) is 41.4. The summed E-state index contributed by atoms with van der Waals surface area (Å²) in [6.07, 6.45) is 0. The molecule has 4 nitrogen and oxygen atoms in total. The van der Waals surface area contributed by atoms with Gasteiger partial charge in [-0.3, -0.25) is 0 Å². The van der Waals surface area contributed by atoms with Crippen molar-refractivity contribution in [2.75, 3.05) is 0 Å². The van der Waals surface area contributed by atoms with Gasteiger partial charge in [0.05, 0.1) is 33.3 Å². The Kier molecular flexibility index (Phi) is 7.87. The van der Waals surface area contributed by atoms with Crippen LogP contribution in [0.4, 0.5) is 0 Å². The fraction of sp³-hybridized carbons (Fsp3) is 0. The number of benzene rings is 10. The van der Waals surface area contributed by atoms with Gasteiger partial charge < -0.3 is 9.13 Å². The lowest BCUT2D eigenvalue weighted by Crippen LogP contribution is -2.00. The lowest BCUT2D eigenvalue weighted by atomic mass is 9.90. The van der Waals surface area contributed by atoms with Gasteiger partial charge in [0.2, 0.25) is 0 Å². The predicted molar refractivity (Wildman–Crippen MR) is 264 cm³/mol. The molecule has 0 saturated carbocycles. The van der Waals surface area contributed by atoms with E-state index in [4.69, 9.17) is 5.10 Å². The highest BCUT2D eigenvalue weighted by atomic mass is 15.3. The molecule has 3 aromatic heterocycles. The molecule has 4 heteroatoms. The van der Waals surface area contributed by atoms with Crippen LogP contribution in [0.3, 0.4) is 0 Å². The Labute approximate surface area is 363 Å². The van der Waals surface area contributed by atoms with E-state index < -0.39 is 0 Å². The Morgan fingerprint density at radius 2 is 0.730 bits per heavy atom. The summed E-state index contributed by atoms with van der Waals surface area (Å²) in [5.74, 6) is 0. The van der Waals surface area contributed by atoms with Crippen LogP contribution in [0.5, 0.6) is 0 Å². The van der Waals surface area contributed by atoms with E-state index in [1.807, 2.05) is 0 Å². The molecule has 13 rings (SSSR count). The molecule has 0 aliphatic heterocycles. The van der Waals surface area contributed by atoms with Gasteiger partial charge >= 0.3 is 0 Å². The molecule has 3 heterocycles. The van der Waals surface area contributed by atoms with E-state index in [9.17, 15) is 0 Å². The Morgan fingerprint density at radius 1 is 0.286 bits per heavy atom. The zero-order valence-electron chi connectivity index (χ0n) is 34.2. The second-order valence-electron chi connectivity index (χ2n) is 16.4. The second kappa shape index (κ2) is 14.1. The van der Waals surface area contributed by atoms with Crippen molar-refractivity contribution in [2.45, 2.75) is 0 Å². The van der Waals surface area contributed by atoms with Gasteiger partial charge in [-0.05, 0) is 88.3 Å². The van der Waals surface area contributed by atoms with Crippen LogP contribution in [0.1, 0.15) is 0 Å². The SMILES string of the molecule is c1ccc(-c2cc3c(-c4cc(-n5c6ccccc6c6ccccc65)cc(-n5c6ccccc6c6ccccc65)c4)cccc3c3c2c(-c2ccccc2)nn3-c2ccccc2)cc1. The molecule has 294 valence electrons. The Morgan fingerprint density at radius 3 is 1.25 bits per heavy atom. The number of hydrogen-bond acceptors (Lipinski definition) is 1. The molecular formula is C59H38N4. The number of rotatable bonds is 6. The number of aromatic nitrogens is 4. The molecule has 63 heavy (non-hydrogen) atoms. The van der Waals surface area contributed by atoms with Crippen molar-refractivity contribution < 1.29 is 0 Å². The van der Waals surface area contributed by atoms with Crippen LogP contribution in [0.15, 0.2) is 231 Å². The van der Waals surface area contributed by atoms with Crippen molar-refractivity contribution in [2.24, 2.45) is 0 Å². The second-order valence-corrected chi connectivity index (χ2v) is 16.4. The summed E-state index contributed by atoms with van der Waals surface area (Å²) in [6, 6.07) is 83.5. The third kappa shape index (κ3) is 5.45. The van der Waals surface area contributed by atoms with Gasteiger partial charge in [-0.2, -0.15) is 5.10 Å². The lowest BCUT2D eigenvalue weighted by molar-refractivity contribution is 0.918. The molecule has 10 aromatic carbocycles. The molecule has 0 radical (unpaired) electrons. The number of hydrogen-bond donors (Lipinski definition) is 0. The molecule has 0 spiro atoms. The summed E-state index contributed by atoms with van der Waals surface area (Å²) >= 11 is 0. The molecule has 0 saturated heterocycles. The van der Waals surface area contributed by atoms with Gasteiger partial charge in [0, 0.05) is 49.3 Å². The highest BCUT2D eigenvalue weighted by Gasteiger charge is 2.24.